The van der Waals surface area contributed by atoms with Crippen LogP contribution in [0.4, 0.5) is 0 Å². The summed E-state index contributed by atoms with van der Waals surface area (Å²) >= 11 is 8.93. The van der Waals surface area contributed by atoms with Gasteiger partial charge in [0.25, 0.3) is 5.78 Å². The van der Waals surface area contributed by atoms with Gasteiger partial charge in [-0.15, -0.1) is 0 Å². The van der Waals surface area contributed by atoms with Crippen LogP contribution in [0.25, 0.3) is 0 Å². The van der Waals surface area contributed by atoms with E-state index in [9.17, 15) is 9.59 Å². The average molecular weight is 306 g/mol. The van der Waals surface area contributed by atoms with E-state index in [1.54, 1.807) is 31.2 Å². The molecule has 0 saturated carbocycles. The van der Waals surface area contributed by atoms with E-state index < -0.39 is 16.6 Å². The molecule has 86 valence electrons. The number of carbonyl (C=O) groups is 2. The van der Waals surface area contributed by atoms with Crippen molar-refractivity contribution < 1.29 is 14.3 Å². The second kappa shape index (κ2) is 6.01. The molecule has 1 aromatic carbocycles. The van der Waals surface area contributed by atoms with Crippen LogP contribution in [0.2, 0.25) is 5.02 Å². The average Bonchev–Trinajstić information content (AvgIpc) is 2.27. The molecule has 0 aliphatic carbocycles. The van der Waals surface area contributed by atoms with E-state index in [2.05, 4.69) is 20.7 Å². The van der Waals surface area contributed by atoms with Gasteiger partial charge in [-0.3, -0.25) is 4.79 Å². The third-order valence-electron chi connectivity index (χ3n) is 1.85. The van der Waals surface area contributed by atoms with Crippen LogP contribution in [0.1, 0.15) is 17.3 Å². The first-order chi connectivity index (χ1) is 7.56. The number of benzene rings is 1. The minimum Gasteiger partial charge on any atom is -0.460 e. The first-order valence-electron chi connectivity index (χ1n) is 4.66. The minimum atomic E-state index is -0.843. The van der Waals surface area contributed by atoms with Crippen molar-refractivity contribution in [3.63, 3.8) is 0 Å². The molecule has 1 atom stereocenters. The van der Waals surface area contributed by atoms with Gasteiger partial charge in [0.15, 0.2) is 0 Å². The van der Waals surface area contributed by atoms with Gasteiger partial charge in [-0.05, 0) is 24.6 Å². The molecule has 0 amide bonds. The van der Waals surface area contributed by atoms with Gasteiger partial charge >= 0.3 is 5.97 Å². The summed E-state index contributed by atoms with van der Waals surface area (Å²) in [6.07, 6.45) is 0. The predicted molar refractivity (Wildman–Crippen MR) is 64.8 cm³/mol. The number of hydrogen-bond donors (Lipinski definition) is 0. The standard InChI is InChI=1S/C11H10BrClO3/c1-2-16-11(15)10(14)9(12)7-4-3-5-8(13)6-7/h3-6,9H,2H2,1H3/t9-/m1/s1. The zero-order chi connectivity index (χ0) is 12.1. The molecule has 1 rings (SSSR count). The zero-order valence-electron chi connectivity index (χ0n) is 8.57. The Morgan fingerprint density at radius 3 is 2.75 bits per heavy atom. The quantitative estimate of drug-likeness (QED) is 0.488. The Balaban J connectivity index is 2.82. The Labute approximate surface area is 107 Å². The Bertz CT molecular complexity index is 406. The molecule has 16 heavy (non-hydrogen) atoms. The van der Waals surface area contributed by atoms with Gasteiger partial charge < -0.3 is 4.74 Å². The number of rotatable bonds is 4. The first kappa shape index (κ1) is 13.2. The maximum absolute atomic E-state index is 11.6. The number of halogens is 2. The van der Waals surface area contributed by atoms with Crippen LogP contribution in [0.3, 0.4) is 0 Å². The largest absolute Gasteiger partial charge is 0.460 e. The summed E-state index contributed by atoms with van der Waals surface area (Å²) < 4.78 is 4.63. The van der Waals surface area contributed by atoms with Gasteiger partial charge in [-0.2, -0.15) is 0 Å². The lowest BCUT2D eigenvalue weighted by Gasteiger charge is -2.08. The van der Waals surface area contributed by atoms with Crippen LogP contribution in [0, 0.1) is 0 Å². The highest BCUT2D eigenvalue weighted by atomic mass is 79.9. The highest BCUT2D eigenvalue weighted by Gasteiger charge is 2.25. The highest BCUT2D eigenvalue weighted by molar-refractivity contribution is 9.09. The van der Waals surface area contributed by atoms with Crippen LogP contribution in [-0.2, 0) is 14.3 Å². The van der Waals surface area contributed by atoms with Crippen molar-refractivity contribution in [2.24, 2.45) is 0 Å². The second-order valence-corrected chi connectivity index (χ2v) is 4.35. The first-order valence-corrected chi connectivity index (χ1v) is 5.96. The van der Waals surface area contributed by atoms with Crippen molar-refractivity contribution in [3.8, 4) is 0 Å². The summed E-state index contributed by atoms with van der Waals surface area (Å²) in [5, 5.41) is 0.513. The lowest BCUT2D eigenvalue weighted by molar-refractivity contribution is -0.153. The van der Waals surface area contributed by atoms with Crippen molar-refractivity contribution in [1.82, 2.24) is 0 Å². The molecule has 0 N–H and O–H groups in total. The summed E-state index contributed by atoms with van der Waals surface area (Å²) in [5.74, 6) is -1.48. The van der Waals surface area contributed by atoms with Gasteiger partial charge in [0.05, 0.1) is 6.61 Å². The number of Topliss-reactive ketones (excluding diaryl/α,β-unsaturated/α-hetero) is 1. The fourth-order valence-electron chi connectivity index (χ4n) is 1.12. The molecule has 0 unspecified atom stereocenters. The summed E-state index contributed by atoms with van der Waals surface area (Å²) in [6, 6.07) is 6.74. The fourth-order valence-corrected chi connectivity index (χ4v) is 1.79. The van der Waals surface area contributed by atoms with E-state index in [1.165, 1.54) is 0 Å². The van der Waals surface area contributed by atoms with Crippen LogP contribution in [0.5, 0.6) is 0 Å². The van der Waals surface area contributed by atoms with Crippen molar-refractivity contribution in [2.45, 2.75) is 11.8 Å². The molecule has 0 bridgehead atoms. The zero-order valence-corrected chi connectivity index (χ0v) is 10.9. The summed E-state index contributed by atoms with van der Waals surface area (Å²) in [5.41, 5.74) is 0.630. The summed E-state index contributed by atoms with van der Waals surface area (Å²) in [7, 11) is 0. The van der Waals surface area contributed by atoms with Crippen LogP contribution in [-0.4, -0.2) is 18.4 Å². The molecular weight excluding hydrogens is 295 g/mol. The van der Waals surface area contributed by atoms with Gasteiger partial charge in [-0.25, -0.2) is 4.79 Å². The van der Waals surface area contributed by atoms with Crippen molar-refractivity contribution >= 4 is 39.3 Å². The minimum absolute atomic E-state index is 0.180. The van der Waals surface area contributed by atoms with Gasteiger partial charge in [0, 0.05) is 5.02 Å². The number of carbonyl (C=O) groups excluding carboxylic acids is 2. The van der Waals surface area contributed by atoms with Crippen LogP contribution >= 0.6 is 27.5 Å². The van der Waals surface area contributed by atoms with E-state index in [-0.39, 0.29) is 6.61 Å². The van der Waals surface area contributed by atoms with E-state index in [0.717, 1.165) is 0 Å². The molecule has 0 fully saturated rings. The summed E-state index contributed by atoms with van der Waals surface area (Å²) in [6.45, 7) is 1.83. The SMILES string of the molecule is CCOC(=O)C(=O)[C@H](Br)c1cccc(Cl)c1. The molecule has 3 nitrogen and oxygen atoms in total. The Kier molecular flexibility index (Phi) is 4.96. The van der Waals surface area contributed by atoms with E-state index in [1.807, 2.05) is 0 Å². The Morgan fingerprint density at radius 1 is 1.50 bits per heavy atom. The molecular formula is C11H10BrClO3. The van der Waals surface area contributed by atoms with E-state index >= 15 is 0 Å². The highest BCUT2D eigenvalue weighted by Crippen LogP contribution is 2.26. The Morgan fingerprint density at radius 2 is 2.19 bits per heavy atom. The monoisotopic (exact) mass is 304 g/mol. The number of hydrogen-bond acceptors (Lipinski definition) is 3. The fraction of sp³-hybridized carbons (Fsp3) is 0.273. The van der Waals surface area contributed by atoms with Crippen LogP contribution in [0.15, 0.2) is 24.3 Å². The molecule has 0 aliphatic rings. The van der Waals surface area contributed by atoms with E-state index in [0.29, 0.717) is 10.6 Å². The van der Waals surface area contributed by atoms with Crippen LogP contribution < -0.4 is 0 Å². The maximum Gasteiger partial charge on any atom is 0.376 e. The van der Waals surface area contributed by atoms with E-state index in [4.69, 9.17) is 11.6 Å². The number of esters is 1. The number of alkyl halides is 1. The van der Waals surface area contributed by atoms with Gasteiger partial charge in [-0.1, -0.05) is 39.7 Å². The topological polar surface area (TPSA) is 43.4 Å². The van der Waals surface area contributed by atoms with Crippen molar-refractivity contribution in [2.75, 3.05) is 6.61 Å². The summed E-state index contributed by atoms with van der Waals surface area (Å²) in [4.78, 5) is 22.1. The number of ketones is 1. The third kappa shape index (κ3) is 3.32. The number of ether oxygens (including phenoxy) is 1. The van der Waals surface area contributed by atoms with Crippen molar-refractivity contribution in [1.29, 1.82) is 0 Å². The molecule has 0 spiro atoms. The maximum atomic E-state index is 11.6. The molecule has 0 radical (unpaired) electrons. The smallest absolute Gasteiger partial charge is 0.376 e. The molecule has 0 aliphatic heterocycles. The van der Waals surface area contributed by atoms with Crippen molar-refractivity contribution in [3.05, 3.63) is 34.9 Å². The predicted octanol–water partition coefficient (Wildman–Crippen LogP) is 2.91. The second-order valence-electron chi connectivity index (χ2n) is 3.00. The molecule has 0 saturated heterocycles. The van der Waals surface area contributed by atoms with Gasteiger partial charge in [0.1, 0.15) is 4.83 Å². The lowest BCUT2D eigenvalue weighted by atomic mass is 10.1. The third-order valence-corrected chi connectivity index (χ3v) is 3.03. The molecule has 0 heterocycles. The molecule has 0 aromatic heterocycles. The Hall–Kier alpha value is -0.870. The lowest BCUT2D eigenvalue weighted by Crippen LogP contribution is -2.21. The molecule has 1 aromatic rings. The molecule has 5 heteroatoms. The van der Waals surface area contributed by atoms with Gasteiger partial charge in [0.2, 0.25) is 0 Å². The normalized spacial score (nSPS) is 11.9.